The SMILES string of the molecule is CSc1nc(NN)cc(Sc2nc(C)ns2)n1. The molecule has 0 fully saturated rings. The van der Waals surface area contributed by atoms with Gasteiger partial charge in [-0.3, -0.25) is 0 Å². The van der Waals surface area contributed by atoms with Crippen LogP contribution in [0.2, 0.25) is 0 Å². The number of hydrogen-bond donors (Lipinski definition) is 2. The highest BCUT2D eigenvalue weighted by Crippen LogP contribution is 2.29. The van der Waals surface area contributed by atoms with Crippen LogP contribution in [0.1, 0.15) is 5.82 Å². The summed E-state index contributed by atoms with van der Waals surface area (Å²) in [6, 6.07) is 1.78. The summed E-state index contributed by atoms with van der Waals surface area (Å²) in [6.45, 7) is 1.86. The molecular weight excluding hydrogens is 276 g/mol. The molecule has 2 aromatic rings. The van der Waals surface area contributed by atoms with E-state index in [1.807, 2.05) is 13.2 Å². The zero-order chi connectivity index (χ0) is 12.3. The summed E-state index contributed by atoms with van der Waals surface area (Å²) in [5.74, 6) is 6.72. The second kappa shape index (κ2) is 5.63. The van der Waals surface area contributed by atoms with Crippen molar-refractivity contribution in [3.8, 4) is 0 Å². The van der Waals surface area contributed by atoms with Crippen molar-refractivity contribution in [2.24, 2.45) is 5.84 Å². The lowest BCUT2D eigenvalue weighted by Gasteiger charge is -2.03. The zero-order valence-corrected chi connectivity index (χ0v) is 11.6. The van der Waals surface area contributed by atoms with E-state index >= 15 is 0 Å². The number of rotatable bonds is 4. The van der Waals surface area contributed by atoms with E-state index in [9.17, 15) is 0 Å². The van der Waals surface area contributed by atoms with Crippen LogP contribution in [0, 0.1) is 6.92 Å². The summed E-state index contributed by atoms with van der Waals surface area (Å²) >= 11 is 4.27. The third-order valence-electron chi connectivity index (χ3n) is 1.71. The predicted octanol–water partition coefficient (Wildman–Crippen LogP) is 1.80. The third-order valence-corrected chi connectivity index (χ3v) is 4.02. The number of nitrogens with two attached hydrogens (primary N) is 1. The maximum atomic E-state index is 5.36. The van der Waals surface area contributed by atoms with Gasteiger partial charge in [-0.25, -0.2) is 20.8 Å². The minimum Gasteiger partial charge on any atom is -0.308 e. The lowest BCUT2D eigenvalue weighted by molar-refractivity contribution is 0.892. The minimum absolute atomic E-state index is 0.591. The van der Waals surface area contributed by atoms with Crippen LogP contribution in [-0.4, -0.2) is 25.6 Å². The topological polar surface area (TPSA) is 89.6 Å². The first-order valence-corrected chi connectivity index (χ1v) is 7.40. The molecule has 9 heteroatoms. The number of nitrogens with one attached hydrogen (secondary N) is 1. The number of aromatic nitrogens is 4. The Labute approximate surface area is 111 Å². The second-order valence-electron chi connectivity index (χ2n) is 2.93. The molecule has 0 aromatic carbocycles. The van der Waals surface area contributed by atoms with Gasteiger partial charge in [-0.05, 0) is 36.5 Å². The van der Waals surface area contributed by atoms with E-state index in [1.54, 1.807) is 6.07 Å². The molecule has 0 saturated heterocycles. The number of nitrogens with zero attached hydrogens (tertiary/aromatic N) is 4. The molecule has 0 saturated carbocycles. The van der Waals surface area contributed by atoms with Crippen molar-refractivity contribution in [1.82, 2.24) is 19.3 Å². The van der Waals surface area contributed by atoms with Crippen LogP contribution in [-0.2, 0) is 0 Å². The fourth-order valence-corrected chi connectivity index (χ4v) is 3.07. The van der Waals surface area contributed by atoms with Gasteiger partial charge in [0.05, 0.1) is 0 Å². The standard InChI is InChI=1S/C8H10N6S3/c1-4-10-8(17-14-4)16-6-3-5(13-9)11-7(12-6)15-2/h3H,9H2,1-2H3,(H,11,12,13). The Morgan fingerprint density at radius 3 is 2.76 bits per heavy atom. The summed E-state index contributed by atoms with van der Waals surface area (Å²) in [5.41, 5.74) is 2.52. The van der Waals surface area contributed by atoms with Crippen LogP contribution >= 0.6 is 35.1 Å². The molecule has 2 rings (SSSR count). The first-order chi connectivity index (χ1) is 8.21. The van der Waals surface area contributed by atoms with Crippen molar-refractivity contribution in [1.29, 1.82) is 0 Å². The molecule has 17 heavy (non-hydrogen) atoms. The number of anilines is 1. The molecular formula is C8H10N6S3. The van der Waals surface area contributed by atoms with Crippen molar-refractivity contribution in [3.63, 3.8) is 0 Å². The fraction of sp³-hybridized carbons (Fsp3) is 0.250. The van der Waals surface area contributed by atoms with Crippen molar-refractivity contribution in [3.05, 3.63) is 11.9 Å². The Morgan fingerprint density at radius 2 is 2.18 bits per heavy atom. The maximum absolute atomic E-state index is 5.36. The van der Waals surface area contributed by atoms with Crippen LogP contribution < -0.4 is 11.3 Å². The molecule has 0 spiro atoms. The Morgan fingerprint density at radius 1 is 1.35 bits per heavy atom. The average molecular weight is 286 g/mol. The van der Waals surface area contributed by atoms with E-state index in [4.69, 9.17) is 5.84 Å². The van der Waals surface area contributed by atoms with Gasteiger partial charge in [-0.15, -0.1) is 0 Å². The Hall–Kier alpha value is -0.900. The van der Waals surface area contributed by atoms with Gasteiger partial charge in [-0.1, -0.05) is 11.8 Å². The summed E-state index contributed by atoms with van der Waals surface area (Å²) in [4.78, 5) is 12.8. The van der Waals surface area contributed by atoms with Crippen molar-refractivity contribution in [2.75, 3.05) is 11.7 Å². The zero-order valence-electron chi connectivity index (χ0n) is 9.17. The largest absolute Gasteiger partial charge is 0.308 e. The van der Waals surface area contributed by atoms with E-state index in [1.165, 1.54) is 35.1 Å². The van der Waals surface area contributed by atoms with Gasteiger partial charge in [0.1, 0.15) is 16.7 Å². The van der Waals surface area contributed by atoms with Gasteiger partial charge in [-0.2, -0.15) is 4.37 Å². The first-order valence-electron chi connectivity index (χ1n) is 4.59. The number of hydrogen-bond acceptors (Lipinski definition) is 9. The van der Waals surface area contributed by atoms with E-state index in [2.05, 4.69) is 24.8 Å². The van der Waals surface area contributed by atoms with Gasteiger partial charge in [0, 0.05) is 6.07 Å². The number of aryl methyl sites for hydroxylation is 1. The lowest BCUT2D eigenvalue weighted by atomic mass is 10.6. The van der Waals surface area contributed by atoms with Crippen LogP contribution in [0.3, 0.4) is 0 Å². The van der Waals surface area contributed by atoms with E-state index in [-0.39, 0.29) is 0 Å². The van der Waals surface area contributed by atoms with Gasteiger partial charge < -0.3 is 5.43 Å². The number of hydrazine groups is 1. The van der Waals surface area contributed by atoms with E-state index < -0.39 is 0 Å². The fourth-order valence-electron chi connectivity index (χ4n) is 1.03. The van der Waals surface area contributed by atoms with Crippen LogP contribution in [0.15, 0.2) is 20.6 Å². The highest BCUT2D eigenvalue weighted by atomic mass is 32.2. The highest BCUT2D eigenvalue weighted by molar-refractivity contribution is 8.01. The van der Waals surface area contributed by atoms with Crippen molar-refractivity contribution in [2.45, 2.75) is 21.4 Å². The molecule has 2 aromatic heterocycles. The molecule has 0 amide bonds. The van der Waals surface area contributed by atoms with Gasteiger partial charge in [0.25, 0.3) is 0 Å². The minimum atomic E-state index is 0.591. The molecule has 6 nitrogen and oxygen atoms in total. The Kier molecular flexibility index (Phi) is 4.15. The van der Waals surface area contributed by atoms with E-state index in [0.717, 1.165) is 15.2 Å². The molecule has 0 aliphatic rings. The van der Waals surface area contributed by atoms with Crippen LogP contribution in [0.5, 0.6) is 0 Å². The van der Waals surface area contributed by atoms with Gasteiger partial charge >= 0.3 is 0 Å². The molecule has 0 radical (unpaired) electrons. The highest BCUT2D eigenvalue weighted by Gasteiger charge is 2.08. The Balaban J connectivity index is 2.25. The Bertz CT molecular complexity index is 491. The molecule has 0 bridgehead atoms. The molecule has 0 atom stereocenters. The lowest BCUT2D eigenvalue weighted by Crippen LogP contribution is -2.09. The van der Waals surface area contributed by atoms with E-state index in [0.29, 0.717) is 11.0 Å². The van der Waals surface area contributed by atoms with Gasteiger partial charge in [0.2, 0.25) is 0 Å². The van der Waals surface area contributed by atoms with Gasteiger partial charge in [0.15, 0.2) is 9.50 Å². The normalized spacial score (nSPS) is 10.5. The summed E-state index contributed by atoms with van der Waals surface area (Å²) in [7, 11) is 0. The molecule has 0 aliphatic carbocycles. The molecule has 3 N–H and O–H groups in total. The smallest absolute Gasteiger partial charge is 0.190 e. The first kappa shape index (κ1) is 12.6. The van der Waals surface area contributed by atoms with Crippen LogP contribution in [0.25, 0.3) is 0 Å². The number of thioether (sulfide) groups is 1. The summed E-state index contributed by atoms with van der Waals surface area (Å²) in [6.07, 6.45) is 1.92. The second-order valence-corrected chi connectivity index (χ2v) is 5.72. The number of nitrogen functional groups attached to an aromatic ring is 1. The summed E-state index contributed by atoms with van der Waals surface area (Å²) < 4.78 is 4.98. The predicted molar refractivity (Wildman–Crippen MR) is 70.4 cm³/mol. The molecule has 0 unspecified atom stereocenters. The van der Waals surface area contributed by atoms with Crippen LogP contribution in [0.4, 0.5) is 5.82 Å². The average Bonchev–Trinajstić information content (AvgIpc) is 2.74. The monoisotopic (exact) mass is 286 g/mol. The molecule has 90 valence electrons. The quantitative estimate of drug-likeness (QED) is 0.289. The molecule has 2 heterocycles. The molecule has 0 aliphatic heterocycles. The maximum Gasteiger partial charge on any atom is 0.190 e. The van der Waals surface area contributed by atoms with Crippen molar-refractivity contribution < 1.29 is 0 Å². The third kappa shape index (κ3) is 3.28. The summed E-state index contributed by atoms with van der Waals surface area (Å²) in [5, 5.41) is 1.47. The van der Waals surface area contributed by atoms with Crippen molar-refractivity contribution >= 4 is 40.9 Å².